The number of nitrogens with zero attached hydrogens (tertiary/aromatic N) is 1. The van der Waals surface area contributed by atoms with Crippen molar-refractivity contribution in [2.75, 3.05) is 18.4 Å². The minimum absolute atomic E-state index is 0.160. The monoisotopic (exact) mass is 366 g/mol. The third-order valence-corrected chi connectivity index (χ3v) is 7.01. The summed E-state index contributed by atoms with van der Waals surface area (Å²) in [4.78, 5) is 23.6. The molecule has 1 aromatic rings. The number of benzene rings is 1. The molecule has 3 rings (SSSR count). The first kappa shape index (κ1) is 17.9. The number of sulfonamides is 1. The quantitative estimate of drug-likeness (QED) is 0.776. The number of carboxylic acids is 1. The van der Waals surface area contributed by atoms with Crippen molar-refractivity contribution >= 4 is 27.6 Å². The highest BCUT2D eigenvalue weighted by molar-refractivity contribution is 7.89. The van der Waals surface area contributed by atoms with Gasteiger partial charge in [0.1, 0.15) is 5.41 Å². The molecular formula is C17H22N2O5S. The second-order valence-corrected chi connectivity index (χ2v) is 8.69. The third kappa shape index (κ3) is 3.28. The van der Waals surface area contributed by atoms with Crippen LogP contribution in [0, 0.1) is 12.3 Å². The summed E-state index contributed by atoms with van der Waals surface area (Å²) in [6, 6.07) is 4.66. The molecule has 0 unspecified atom stereocenters. The van der Waals surface area contributed by atoms with Crippen molar-refractivity contribution in [3.8, 4) is 0 Å². The van der Waals surface area contributed by atoms with Crippen molar-refractivity contribution in [1.29, 1.82) is 0 Å². The van der Waals surface area contributed by atoms with E-state index in [2.05, 4.69) is 5.32 Å². The smallest absolute Gasteiger partial charge is 0.319 e. The van der Waals surface area contributed by atoms with Gasteiger partial charge in [0.05, 0.1) is 4.90 Å². The number of amides is 1. The van der Waals surface area contributed by atoms with Gasteiger partial charge in [-0.25, -0.2) is 8.42 Å². The Morgan fingerprint density at radius 1 is 1.16 bits per heavy atom. The number of hydrogen-bond donors (Lipinski definition) is 2. The summed E-state index contributed by atoms with van der Waals surface area (Å²) in [5.41, 5.74) is -0.460. The van der Waals surface area contributed by atoms with Crippen LogP contribution >= 0.6 is 0 Å². The fourth-order valence-corrected chi connectivity index (χ4v) is 4.88. The SMILES string of the molecule is Cc1ccc(NC(=O)C2(C(=O)O)CC2)cc1S(=O)(=O)N1CCCCC1. The minimum atomic E-state index is -3.62. The lowest BCUT2D eigenvalue weighted by Crippen LogP contribution is -2.36. The number of carbonyl (C=O) groups excluding carboxylic acids is 1. The molecule has 1 saturated carbocycles. The van der Waals surface area contributed by atoms with E-state index in [-0.39, 0.29) is 4.90 Å². The van der Waals surface area contributed by atoms with Crippen molar-refractivity contribution in [3.05, 3.63) is 23.8 Å². The molecule has 0 spiro atoms. The summed E-state index contributed by atoms with van der Waals surface area (Å²) in [5.74, 6) is -1.73. The average molecular weight is 366 g/mol. The molecule has 0 atom stereocenters. The predicted octanol–water partition coefficient (Wildman–Crippen LogP) is 1.97. The molecule has 7 nitrogen and oxygen atoms in total. The van der Waals surface area contributed by atoms with Gasteiger partial charge in [0.2, 0.25) is 15.9 Å². The third-order valence-electron chi connectivity index (χ3n) is 4.97. The first-order chi connectivity index (χ1) is 11.8. The van der Waals surface area contributed by atoms with Gasteiger partial charge in [-0.05, 0) is 50.3 Å². The van der Waals surface area contributed by atoms with Crippen molar-refractivity contribution in [2.45, 2.75) is 43.9 Å². The number of carbonyl (C=O) groups is 2. The Balaban J connectivity index is 1.86. The van der Waals surface area contributed by atoms with Gasteiger partial charge in [0.25, 0.3) is 0 Å². The molecule has 25 heavy (non-hydrogen) atoms. The Labute approximate surface area is 147 Å². The lowest BCUT2D eigenvalue weighted by Gasteiger charge is -2.26. The van der Waals surface area contributed by atoms with E-state index in [0.29, 0.717) is 37.2 Å². The van der Waals surface area contributed by atoms with Crippen LogP contribution < -0.4 is 5.32 Å². The van der Waals surface area contributed by atoms with Crippen molar-refractivity contribution in [3.63, 3.8) is 0 Å². The predicted molar refractivity (Wildman–Crippen MR) is 91.7 cm³/mol. The average Bonchev–Trinajstić information content (AvgIpc) is 3.39. The van der Waals surface area contributed by atoms with E-state index < -0.39 is 27.3 Å². The van der Waals surface area contributed by atoms with Crippen LogP contribution in [0.4, 0.5) is 5.69 Å². The maximum absolute atomic E-state index is 12.9. The van der Waals surface area contributed by atoms with E-state index in [1.807, 2.05) is 0 Å². The zero-order valence-corrected chi connectivity index (χ0v) is 14.9. The lowest BCUT2D eigenvalue weighted by molar-refractivity contribution is -0.147. The van der Waals surface area contributed by atoms with E-state index in [1.54, 1.807) is 19.1 Å². The second kappa shape index (κ2) is 6.42. The minimum Gasteiger partial charge on any atom is -0.480 e. The second-order valence-electron chi connectivity index (χ2n) is 6.79. The Bertz CT molecular complexity index is 808. The molecule has 136 valence electrons. The summed E-state index contributed by atoms with van der Waals surface area (Å²) < 4.78 is 27.2. The van der Waals surface area contributed by atoms with Gasteiger partial charge in [0.15, 0.2) is 0 Å². The number of anilines is 1. The van der Waals surface area contributed by atoms with Gasteiger partial charge in [-0.3, -0.25) is 9.59 Å². The molecule has 2 aliphatic rings. The van der Waals surface area contributed by atoms with Crippen LogP contribution in [0.2, 0.25) is 0 Å². The van der Waals surface area contributed by atoms with Gasteiger partial charge in [-0.2, -0.15) is 4.31 Å². The number of aliphatic carboxylic acids is 1. The van der Waals surface area contributed by atoms with Crippen molar-refractivity contribution in [1.82, 2.24) is 4.31 Å². The lowest BCUT2D eigenvalue weighted by atomic mass is 10.1. The molecule has 2 N–H and O–H groups in total. The Morgan fingerprint density at radius 3 is 2.36 bits per heavy atom. The summed E-state index contributed by atoms with van der Waals surface area (Å²) >= 11 is 0. The van der Waals surface area contributed by atoms with E-state index in [9.17, 15) is 23.1 Å². The van der Waals surface area contributed by atoms with Crippen LogP contribution in [-0.4, -0.2) is 42.8 Å². The number of hydrogen-bond acceptors (Lipinski definition) is 4. The molecule has 1 heterocycles. The molecule has 0 bridgehead atoms. The molecule has 8 heteroatoms. The van der Waals surface area contributed by atoms with E-state index in [4.69, 9.17) is 0 Å². The normalized spacial score (nSPS) is 20.0. The molecule has 1 aliphatic carbocycles. The summed E-state index contributed by atoms with van der Waals surface area (Å²) in [6.45, 7) is 2.71. The van der Waals surface area contributed by atoms with E-state index >= 15 is 0 Å². The van der Waals surface area contributed by atoms with E-state index in [1.165, 1.54) is 10.4 Å². The number of rotatable bonds is 5. The standard InChI is InChI=1S/C17H22N2O5S/c1-12-5-6-13(18-15(20)17(7-8-17)16(21)22)11-14(12)25(23,24)19-9-3-2-4-10-19/h5-6,11H,2-4,7-10H2,1H3,(H,18,20)(H,21,22). The Kier molecular flexibility index (Phi) is 4.59. The first-order valence-corrected chi connectivity index (χ1v) is 9.87. The molecule has 0 aromatic heterocycles. The maximum Gasteiger partial charge on any atom is 0.319 e. The van der Waals surface area contributed by atoms with Crippen LogP contribution in [0.3, 0.4) is 0 Å². The molecule has 1 aromatic carbocycles. The van der Waals surface area contributed by atoms with Gasteiger partial charge in [-0.15, -0.1) is 0 Å². The fraction of sp³-hybridized carbons (Fsp3) is 0.529. The van der Waals surface area contributed by atoms with Crippen LogP contribution in [0.15, 0.2) is 23.1 Å². The molecular weight excluding hydrogens is 344 g/mol. The van der Waals surface area contributed by atoms with Crippen LogP contribution in [0.25, 0.3) is 0 Å². The zero-order valence-electron chi connectivity index (χ0n) is 14.1. The van der Waals surface area contributed by atoms with Gasteiger partial charge >= 0.3 is 5.97 Å². The molecule has 1 aliphatic heterocycles. The fourth-order valence-electron chi connectivity index (χ4n) is 3.11. The summed E-state index contributed by atoms with van der Waals surface area (Å²) in [5, 5.41) is 11.8. The highest BCUT2D eigenvalue weighted by atomic mass is 32.2. The highest BCUT2D eigenvalue weighted by Crippen LogP contribution is 2.46. The summed E-state index contributed by atoms with van der Waals surface area (Å²) in [7, 11) is -3.62. The van der Waals surface area contributed by atoms with Crippen molar-refractivity contribution < 1.29 is 23.1 Å². The number of piperidine rings is 1. The molecule has 0 radical (unpaired) electrons. The first-order valence-electron chi connectivity index (χ1n) is 8.43. The van der Waals surface area contributed by atoms with Crippen LogP contribution in [-0.2, 0) is 19.6 Å². The maximum atomic E-state index is 12.9. The molecule has 1 amide bonds. The van der Waals surface area contributed by atoms with Gasteiger partial charge in [-0.1, -0.05) is 12.5 Å². The van der Waals surface area contributed by atoms with Gasteiger partial charge in [0, 0.05) is 18.8 Å². The molecule has 2 fully saturated rings. The largest absolute Gasteiger partial charge is 0.480 e. The highest BCUT2D eigenvalue weighted by Gasteiger charge is 2.57. The van der Waals surface area contributed by atoms with Gasteiger partial charge < -0.3 is 10.4 Å². The summed E-state index contributed by atoms with van der Waals surface area (Å²) in [6.07, 6.45) is 3.32. The van der Waals surface area contributed by atoms with E-state index in [0.717, 1.165) is 19.3 Å². The van der Waals surface area contributed by atoms with Crippen molar-refractivity contribution in [2.24, 2.45) is 5.41 Å². The van der Waals surface area contributed by atoms with Crippen LogP contribution in [0.1, 0.15) is 37.7 Å². The van der Waals surface area contributed by atoms with Crippen LogP contribution in [0.5, 0.6) is 0 Å². The number of nitrogens with one attached hydrogen (secondary N) is 1. The Hall–Kier alpha value is -1.93. The molecule has 1 saturated heterocycles. The zero-order chi connectivity index (χ0) is 18.2. The number of aryl methyl sites for hydroxylation is 1. The topological polar surface area (TPSA) is 104 Å². The number of carboxylic acid groups (broad SMARTS) is 1. The Morgan fingerprint density at radius 2 is 1.80 bits per heavy atom.